The van der Waals surface area contributed by atoms with Crippen molar-refractivity contribution >= 4 is 5.95 Å². The van der Waals surface area contributed by atoms with E-state index in [0.29, 0.717) is 23.5 Å². The van der Waals surface area contributed by atoms with Crippen LogP contribution in [0.1, 0.15) is 6.42 Å². The molecule has 2 fully saturated rings. The van der Waals surface area contributed by atoms with E-state index >= 15 is 0 Å². The van der Waals surface area contributed by atoms with Crippen LogP contribution in [0.2, 0.25) is 0 Å². The second-order valence-corrected chi connectivity index (χ2v) is 5.58. The number of hydrogen-bond donors (Lipinski definition) is 1. The van der Waals surface area contributed by atoms with Crippen LogP contribution in [0.15, 0.2) is 29.5 Å². The first kappa shape index (κ1) is 12.5. The van der Waals surface area contributed by atoms with E-state index in [4.69, 9.17) is 0 Å². The smallest absolute Gasteiger partial charge is 0.255 e. The van der Waals surface area contributed by atoms with Gasteiger partial charge in [0.05, 0.1) is 11.4 Å². The minimum Gasteiger partial charge on any atom is -0.336 e. The molecular weight excluding hydrogens is 268 g/mol. The van der Waals surface area contributed by atoms with Crippen LogP contribution in [-0.4, -0.2) is 44.7 Å². The van der Waals surface area contributed by atoms with Gasteiger partial charge in [-0.1, -0.05) is 0 Å². The highest BCUT2D eigenvalue weighted by atomic mass is 16.1. The molecule has 0 aromatic carbocycles. The molecule has 1 N–H and O–H groups in total. The van der Waals surface area contributed by atoms with Gasteiger partial charge < -0.3 is 10.2 Å². The largest absolute Gasteiger partial charge is 0.336 e. The van der Waals surface area contributed by atoms with E-state index in [0.717, 1.165) is 25.5 Å². The third kappa shape index (κ3) is 2.01. The molecule has 2 aliphatic rings. The predicted octanol–water partition coefficient (Wildman–Crippen LogP) is -0.212. The molecule has 2 bridgehead atoms. The van der Waals surface area contributed by atoms with Crippen LogP contribution in [0.25, 0.3) is 11.4 Å². The third-order valence-electron chi connectivity index (χ3n) is 4.27. The Bertz CT molecular complexity index is 728. The summed E-state index contributed by atoms with van der Waals surface area (Å²) in [5.74, 6) is 0.727. The number of fused-ring (bicyclic) bond motifs is 2. The molecule has 2 atom stereocenters. The molecular formula is C14H16N6O. The fourth-order valence-corrected chi connectivity index (χ4v) is 3.16. The summed E-state index contributed by atoms with van der Waals surface area (Å²) >= 11 is 0. The van der Waals surface area contributed by atoms with E-state index in [-0.39, 0.29) is 5.56 Å². The lowest BCUT2D eigenvalue weighted by Crippen LogP contribution is -2.46. The molecule has 4 rings (SSSR count). The molecule has 108 valence electrons. The van der Waals surface area contributed by atoms with Crippen molar-refractivity contribution in [2.75, 3.05) is 18.0 Å². The van der Waals surface area contributed by atoms with Gasteiger partial charge in [-0.25, -0.2) is 15.0 Å². The molecule has 7 heteroatoms. The maximum Gasteiger partial charge on any atom is 0.255 e. The number of piperazine rings is 1. The second kappa shape index (κ2) is 4.63. The Hall–Kier alpha value is -2.28. The number of nitrogens with one attached hydrogen (secondary N) is 1. The summed E-state index contributed by atoms with van der Waals surface area (Å²) in [7, 11) is 1.77. The average Bonchev–Trinajstić information content (AvgIpc) is 3.13. The fraction of sp³-hybridized carbons (Fsp3) is 0.429. The van der Waals surface area contributed by atoms with Crippen LogP contribution in [0.5, 0.6) is 0 Å². The number of rotatable bonds is 2. The van der Waals surface area contributed by atoms with Gasteiger partial charge in [-0.2, -0.15) is 0 Å². The lowest BCUT2D eigenvalue weighted by Gasteiger charge is -2.29. The first-order chi connectivity index (χ1) is 10.2. The molecule has 2 saturated heterocycles. The van der Waals surface area contributed by atoms with Crippen molar-refractivity contribution in [1.29, 1.82) is 0 Å². The summed E-state index contributed by atoms with van der Waals surface area (Å²) in [5.41, 5.74) is 1.21. The first-order valence-electron chi connectivity index (χ1n) is 7.07. The van der Waals surface area contributed by atoms with E-state index in [1.54, 1.807) is 23.9 Å². The van der Waals surface area contributed by atoms with Gasteiger partial charge in [-0.05, 0) is 12.5 Å². The Morgan fingerprint density at radius 3 is 2.95 bits per heavy atom. The van der Waals surface area contributed by atoms with Crippen molar-refractivity contribution in [2.24, 2.45) is 7.05 Å². The van der Waals surface area contributed by atoms with Gasteiger partial charge in [0.1, 0.15) is 6.33 Å². The average molecular weight is 284 g/mol. The van der Waals surface area contributed by atoms with Crippen LogP contribution in [0.3, 0.4) is 0 Å². The van der Waals surface area contributed by atoms with Crippen molar-refractivity contribution in [1.82, 2.24) is 24.8 Å². The Balaban J connectivity index is 1.80. The van der Waals surface area contributed by atoms with Crippen molar-refractivity contribution in [2.45, 2.75) is 18.5 Å². The van der Waals surface area contributed by atoms with Gasteiger partial charge in [0.25, 0.3) is 5.56 Å². The van der Waals surface area contributed by atoms with Crippen LogP contribution in [0, 0.1) is 0 Å². The number of nitrogens with zero attached hydrogens (tertiary/aromatic N) is 5. The quantitative estimate of drug-likeness (QED) is 0.822. The standard InChI is InChI=1S/C14H16N6O/c1-19-13(21)5-12(11-2-3-15-8-17-11)18-14(19)20-7-9-4-10(20)6-16-9/h2-3,5,8-10,16H,4,6-7H2,1H3/t9?,10-/m1/s1. The van der Waals surface area contributed by atoms with Gasteiger partial charge in [0, 0.05) is 44.5 Å². The minimum atomic E-state index is -0.0654. The van der Waals surface area contributed by atoms with Crippen molar-refractivity contribution in [3.8, 4) is 11.4 Å². The van der Waals surface area contributed by atoms with Crippen LogP contribution < -0.4 is 15.8 Å². The Morgan fingerprint density at radius 1 is 1.38 bits per heavy atom. The fourth-order valence-electron chi connectivity index (χ4n) is 3.16. The Morgan fingerprint density at radius 2 is 2.29 bits per heavy atom. The maximum atomic E-state index is 12.2. The first-order valence-corrected chi connectivity index (χ1v) is 7.07. The summed E-state index contributed by atoms with van der Waals surface area (Å²) in [6, 6.07) is 4.23. The third-order valence-corrected chi connectivity index (χ3v) is 4.27. The minimum absolute atomic E-state index is 0.0654. The zero-order valence-electron chi connectivity index (χ0n) is 11.7. The van der Waals surface area contributed by atoms with E-state index in [1.807, 2.05) is 0 Å². The van der Waals surface area contributed by atoms with E-state index in [1.165, 1.54) is 12.4 Å². The molecule has 1 unspecified atom stereocenters. The van der Waals surface area contributed by atoms with Gasteiger partial charge in [0.2, 0.25) is 5.95 Å². The van der Waals surface area contributed by atoms with Crippen molar-refractivity contribution in [3.05, 3.63) is 35.0 Å². The molecule has 2 aromatic rings. The maximum absolute atomic E-state index is 12.2. The van der Waals surface area contributed by atoms with E-state index < -0.39 is 0 Å². The molecule has 4 heterocycles. The molecule has 21 heavy (non-hydrogen) atoms. The van der Waals surface area contributed by atoms with E-state index in [2.05, 4.69) is 25.2 Å². The summed E-state index contributed by atoms with van der Waals surface area (Å²) in [5, 5.41) is 3.46. The SMILES string of the molecule is Cn1c(N2CC3C[C@@H]2CN3)nc(-c2ccncn2)cc1=O. The highest BCUT2D eigenvalue weighted by molar-refractivity contribution is 5.55. The molecule has 2 aromatic heterocycles. The topological polar surface area (TPSA) is 75.9 Å². The zero-order valence-corrected chi connectivity index (χ0v) is 11.7. The predicted molar refractivity (Wildman–Crippen MR) is 78.0 cm³/mol. The Labute approximate surface area is 121 Å². The summed E-state index contributed by atoms with van der Waals surface area (Å²) in [4.78, 5) is 27.2. The van der Waals surface area contributed by atoms with Gasteiger partial charge >= 0.3 is 0 Å². The monoisotopic (exact) mass is 284 g/mol. The molecule has 2 aliphatic heterocycles. The second-order valence-electron chi connectivity index (χ2n) is 5.58. The highest BCUT2D eigenvalue weighted by Gasteiger charge is 2.39. The summed E-state index contributed by atoms with van der Waals surface area (Å²) in [6.45, 7) is 1.86. The van der Waals surface area contributed by atoms with Crippen molar-refractivity contribution < 1.29 is 0 Å². The normalized spacial score (nSPS) is 23.8. The number of aromatic nitrogens is 4. The lowest BCUT2D eigenvalue weighted by atomic mass is 10.2. The van der Waals surface area contributed by atoms with Gasteiger partial charge in [-0.15, -0.1) is 0 Å². The van der Waals surface area contributed by atoms with Crippen LogP contribution in [0.4, 0.5) is 5.95 Å². The molecule has 0 amide bonds. The zero-order chi connectivity index (χ0) is 14.4. The molecule has 7 nitrogen and oxygen atoms in total. The van der Waals surface area contributed by atoms with Gasteiger partial charge in [0.15, 0.2) is 0 Å². The Kier molecular flexibility index (Phi) is 2.75. The van der Waals surface area contributed by atoms with Crippen LogP contribution in [-0.2, 0) is 7.05 Å². The van der Waals surface area contributed by atoms with Gasteiger partial charge in [-0.3, -0.25) is 9.36 Å². The lowest BCUT2D eigenvalue weighted by molar-refractivity contribution is 0.562. The van der Waals surface area contributed by atoms with E-state index in [9.17, 15) is 4.79 Å². The molecule has 0 spiro atoms. The highest BCUT2D eigenvalue weighted by Crippen LogP contribution is 2.28. The molecule has 0 aliphatic carbocycles. The molecule has 0 radical (unpaired) electrons. The number of anilines is 1. The summed E-state index contributed by atoms with van der Waals surface area (Å²) < 4.78 is 1.62. The number of hydrogen-bond acceptors (Lipinski definition) is 6. The van der Waals surface area contributed by atoms with Crippen molar-refractivity contribution in [3.63, 3.8) is 0 Å². The van der Waals surface area contributed by atoms with Crippen LogP contribution >= 0.6 is 0 Å². The summed E-state index contributed by atoms with van der Waals surface area (Å²) in [6.07, 6.45) is 4.24. The molecule has 0 saturated carbocycles.